The number of carbonyl (C=O) groups excluding carboxylic acids is 1. The highest BCUT2D eigenvalue weighted by atomic mass is 79.9. The number of hydrogen-bond acceptors (Lipinski definition) is 3. The first-order valence-electron chi connectivity index (χ1n) is 5.28. The number of thiophene rings is 1. The first-order valence-corrected chi connectivity index (χ1v) is 6.89. The fourth-order valence-electron chi connectivity index (χ4n) is 1.22. The van der Waals surface area contributed by atoms with Gasteiger partial charge in [-0.2, -0.15) is 0 Å². The molecule has 1 heterocycles. The molecule has 1 atom stereocenters. The molecule has 0 unspecified atom stereocenters. The predicted octanol–water partition coefficient (Wildman–Crippen LogP) is 2.57. The number of hydrogen-bond donors (Lipinski definition) is 2. The van der Waals surface area contributed by atoms with Crippen molar-refractivity contribution in [3.63, 3.8) is 0 Å². The van der Waals surface area contributed by atoms with Crippen LogP contribution in [0.5, 0.6) is 0 Å². The Balaban J connectivity index is 0.00000256. The van der Waals surface area contributed by atoms with E-state index in [2.05, 4.69) is 27.3 Å². The highest BCUT2D eigenvalue weighted by Gasteiger charge is 2.16. The zero-order valence-corrected chi connectivity index (χ0v) is 13.1. The fourth-order valence-corrected chi connectivity index (χ4v) is 2.70. The minimum absolute atomic E-state index is 0. The van der Waals surface area contributed by atoms with Crippen LogP contribution < -0.4 is 11.1 Å². The lowest BCUT2D eigenvalue weighted by Crippen LogP contribution is -2.44. The van der Waals surface area contributed by atoms with Crippen molar-refractivity contribution >= 4 is 45.6 Å². The lowest BCUT2D eigenvalue weighted by Gasteiger charge is -2.14. The maximum Gasteiger partial charge on any atom is 0.237 e. The Labute approximate surface area is 121 Å². The Morgan fingerprint density at radius 3 is 2.65 bits per heavy atom. The maximum atomic E-state index is 11.5. The monoisotopic (exact) mass is 340 g/mol. The third-order valence-electron chi connectivity index (χ3n) is 2.32. The summed E-state index contributed by atoms with van der Waals surface area (Å²) in [4.78, 5) is 12.8. The molecule has 0 aliphatic carbocycles. The topological polar surface area (TPSA) is 55.1 Å². The van der Waals surface area contributed by atoms with E-state index in [4.69, 9.17) is 5.73 Å². The molecule has 0 saturated heterocycles. The van der Waals surface area contributed by atoms with E-state index >= 15 is 0 Å². The summed E-state index contributed by atoms with van der Waals surface area (Å²) in [6.07, 6.45) is 0.854. The van der Waals surface area contributed by atoms with E-state index in [1.54, 1.807) is 11.3 Å². The van der Waals surface area contributed by atoms with Crippen molar-refractivity contribution in [2.24, 2.45) is 11.7 Å². The highest BCUT2D eigenvalue weighted by Crippen LogP contribution is 2.21. The molecule has 6 heteroatoms. The van der Waals surface area contributed by atoms with Gasteiger partial charge in [-0.05, 0) is 40.4 Å². The fraction of sp³-hybridized carbons (Fsp3) is 0.545. The second kappa shape index (κ2) is 8.08. The van der Waals surface area contributed by atoms with Gasteiger partial charge in [0.15, 0.2) is 0 Å². The van der Waals surface area contributed by atoms with Gasteiger partial charge in [0.25, 0.3) is 0 Å². The van der Waals surface area contributed by atoms with Crippen molar-refractivity contribution in [1.82, 2.24) is 5.32 Å². The van der Waals surface area contributed by atoms with Crippen LogP contribution in [0.25, 0.3) is 0 Å². The molecule has 0 aromatic carbocycles. The van der Waals surface area contributed by atoms with E-state index in [-0.39, 0.29) is 24.2 Å². The zero-order valence-electron chi connectivity index (χ0n) is 9.90. The summed E-state index contributed by atoms with van der Waals surface area (Å²) in [5, 5.41) is 2.85. The van der Waals surface area contributed by atoms with Gasteiger partial charge in [-0.15, -0.1) is 23.7 Å². The molecule has 1 amide bonds. The van der Waals surface area contributed by atoms with E-state index < -0.39 is 6.04 Å². The summed E-state index contributed by atoms with van der Waals surface area (Å²) in [6, 6.07) is 3.67. The molecule has 3 N–H and O–H groups in total. The molecule has 1 aromatic heterocycles. The quantitative estimate of drug-likeness (QED) is 0.865. The van der Waals surface area contributed by atoms with Gasteiger partial charge < -0.3 is 11.1 Å². The van der Waals surface area contributed by atoms with Crippen LogP contribution in [0.4, 0.5) is 0 Å². The molecule has 17 heavy (non-hydrogen) atoms. The number of nitrogens with two attached hydrogens (primary N) is 1. The molecule has 0 spiro atoms. The summed E-state index contributed by atoms with van der Waals surface area (Å²) in [7, 11) is 0. The molecule has 0 radical (unpaired) electrons. The molecule has 0 fully saturated rings. The summed E-state index contributed by atoms with van der Waals surface area (Å²) >= 11 is 5.09. The van der Waals surface area contributed by atoms with Crippen molar-refractivity contribution in [2.45, 2.75) is 26.3 Å². The van der Waals surface area contributed by atoms with Crippen molar-refractivity contribution in [2.75, 3.05) is 6.54 Å². The Morgan fingerprint density at radius 2 is 2.18 bits per heavy atom. The van der Waals surface area contributed by atoms with E-state index in [0.29, 0.717) is 6.54 Å². The maximum absolute atomic E-state index is 11.5. The normalized spacial score (nSPS) is 12.1. The predicted molar refractivity (Wildman–Crippen MR) is 78.8 cm³/mol. The zero-order chi connectivity index (χ0) is 12.1. The van der Waals surface area contributed by atoms with Crippen molar-refractivity contribution in [3.05, 3.63) is 20.8 Å². The summed E-state index contributed by atoms with van der Waals surface area (Å²) in [6.45, 7) is 4.54. The Morgan fingerprint density at radius 1 is 1.53 bits per heavy atom. The third kappa shape index (κ3) is 5.86. The molecule has 1 rings (SSSR count). The second-order valence-electron chi connectivity index (χ2n) is 4.02. The van der Waals surface area contributed by atoms with E-state index in [9.17, 15) is 4.79 Å². The number of rotatable bonds is 5. The van der Waals surface area contributed by atoms with Crippen LogP contribution in [0.3, 0.4) is 0 Å². The largest absolute Gasteiger partial charge is 0.354 e. The Kier molecular flexibility index (Phi) is 8.03. The van der Waals surface area contributed by atoms with Gasteiger partial charge >= 0.3 is 0 Å². The molecule has 0 aliphatic heterocycles. The van der Waals surface area contributed by atoms with Crippen LogP contribution >= 0.6 is 39.7 Å². The molecular weight excluding hydrogens is 324 g/mol. The molecule has 0 bridgehead atoms. The van der Waals surface area contributed by atoms with Gasteiger partial charge in [-0.25, -0.2) is 0 Å². The Hall–Kier alpha value is -0.100. The van der Waals surface area contributed by atoms with Crippen LogP contribution in [-0.2, 0) is 11.2 Å². The number of carbonyl (C=O) groups is 1. The smallest absolute Gasteiger partial charge is 0.237 e. The van der Waals surface area contributed by atoms with E-state index in [0.717, 1.165) is 10.2 Å². The van der Waals surface area contributed by atoms with Crippen LogP contribution in [0, 0.1) is 5.92 Å². The third-order valence-corrected chi connectivity index (χ3v) is 4.00. The standard InChI is InChI=1S/C11H17BrN2OS.ClH/c1-7(2)10(13)11(15)14-6-5-8-3-4-9(12)16-8;/h3-4,7,10H,5-6,13H2,1-2H3,(H,14,15);1H/t10-;/m1./s1. The average molecular weight is 342 g/mol. The van der Waals surface area contributed by atoms with Gasteiger partial charge in [-0.3, -0.25) is 4.79 Å². The molecule has 1 aromatic rings. The van der Waals surface area contributed by atoms with Gasteiger partial charge in [0, 0.05) is 11.4 Å². The van der Waals surface area contributed by atoms with Gasteiger partial charge in [0.2, 0.25) is 5.91 Å². The van der Waals surface area contributed by atoms with Crippen LogP contribution in [-0.4, -0.2) is 18.5 Å². The van der Waals surface area contributed by atoms with Gasteiger partial charge in [0.05, 0.1) is 9.83 Å². The van der Waals surface area contributed by atoms with Crippen LogP contribution in [0.15, 0.2) is 15.9 Å². The van der Waals surface area contributed by atoms with E-state index in [1.165, 1.54) is 4.88 Å². The number of nitrogens with one attached hydrogen (secondary N) is 1. The lowest BCUT2D eigenvalue weighted by molar-refractivity contribution is -0.123. The van der Waals surface area contributed by atoms with Crippen molar-refractivity contribution in [1.29, 1.82) is 0 Å². The average Bonchev–Trinajstić information content (AvgIpc) is 2.62. The van der Waals surface area contributed by atoms with Crippen molar-refractivity contribution in [3.8, 4) is 0 Å². The van der Waals surface area contributed by atoms with Gasteiger partial charge in [0.1, 0.15) is 0 Å². The van der Waals surface area contributed by atoms with Crippen LogP contribution in [0.2, 0.25) is 0 Å². The van der Waals surface area contributed by atoms with Crippen molar-refractivity contribution < 1.29 is 4.79 Å². The number of amides is 1. The van der Waals surface area contributed by atoms with E-state index in [1.807, 2.05) is 19.9 Å². The first-order chi connectivity index (χ1) is 7.50. The summed E-state index contributed by atoms with van der Waals surface area (Å²) in [5.74, 6) is 0.113. The molecule has 3 nitrogen and oxygen atoms in total. The lowest BCUT2D eigenvalue weighted by atomic mass is 10.1. The second-order valence-corrected chi connectivity index (χ2v) is 6.56. The molecule has 0 aliphatic rings. The molecular formula is C11H18BrClN2OS. The SMILES string of the molecule is CC(C)[C@@H](N)C(=O)NCCc1ccc(Br)s1.Cl. The highest BCUT2D eigenvalue weighted by molar-refractivity contribution is 9.11. The molecule has 0 saturated carbocycles. The Bertz CT molecular complexity index is 357. The summed E-state index contributed by atoms with van der Waals surface area (Å²) < 4.78 is 1.12. The van der Waals surface area contributed by atoms with Gasteiger partial charge in [-0.1, -0.05) is 13.8 Å². The van der Waals surface area contributed by atoms with Crippen LogP contribution in [0.1, 0.15) is 18.7 Å². The molecule has 98 valence electrons. The minimum Gasteiger partial charge on any atom is -0.354 e. The summed E-state index contributed by atoms with van der Waals surface area (Å²) in [5.41, 5.74) is 5.73. The first kappa shape index (κ1) is 16.9. The number of halogens is 2. The minimum atomic E-state index is -0.407.